The monoisotopic (exact) mass is 228 g/mol. The van der Waals surface area contributed by atoms with Crippen molar-refractivity contribution in [3.8, 4) is 11.4 Å². The lowest BCUT2D eigenvalue weighted by atomic mass is 10.1. The van der Waals surface area contributed by atoms with Gasteiger partial charge in [0.1, 0.15) is 5.82 Å². The Morgan fingerprint density at radius 3 is 2.94 bits per heavy atom. The van der Waals surface area contributed by atoms with E-state index in [1.165, 1.54) is 12.8 Å². The minimum absolute atomic E-state index is 0.178. The highest BCUT2D eigenvalue weighted by molar-refractivity contribution is 5.53. The summed E-state index contributed by atoms with van der Waals surface area (Å²) in [6.07, 6.45) is 6.13. The van der Waals surface area contributed by atoms with Crippen LogP contribution in [0.25, 0.3) is 11.4 Å². The van der Waals surface area contributed by atoms with E-state index in [-0.39, 0.29) is 5.41 Å². The van der Waals surface area contributed by atoms with Crippen molar-refractivity contribution in [2.24, 2.45) is 0 Å². The SMILES string of the molecule is CNCC1(c2nccc(-c3ccc[nH]3)n2)CC1. The van der Waals surface area contributed by atoms with Crippen LogP contribution in [0.4, 0.5) is 0 Å². The van der Waals surface area contributed by atoms with Crippen LogP contribution in [-0.4, -0.2) is 28.5 Å². The average Bonchev–Trinajstić information content (AvgIpc) is 2.94. The molecule has 0 unspecified atom stereocenters. The molecule has 0 bridgehead atoms. The first-order chi connectivity index (χ1) is 8.34. The highest BCUT2D eigenvalue weighted by Gasteiger charge is 2.46. The van der Waals surface area contributed by atoms with E-state index in [2.05, 4.69) is 20.3 Å². The van der Waals surface area contributed by atoms with Crippen molar-refractivity contribution < 1.29 is 0 Å². The molecule has 3 rings (SSSR count). The number of rotatable bonds is 4. The van der Waals surface area contributed by atoms with Crippen LogP contribution < -0.4 is 5.32 Å². The molecule has 1 saturated carbocycles. The van der Waals surface area contributed by atoms with Gasteiger partial charge in [0.25, 0.3) is 0 Å². The van der Waals surface area contributed by atoms with Crippen LogP contribution in [0.3, 0.4) is 0 Å². The summed E-state index contributed by atoms with van der Waals surface area (Å²) in [5.74, 6) is 0.971. The van der Waals surface area contributed by atoms with Crippen LogP contribution in [0.15, 0.2) is 30.6 Å². The Hall–Kier alpha value is -1.68. The molecule has 4 nitrogen and oxygen atoms in total. The van der Waals surface area contributed by atoms with Crippen molar-refractivity contribution >= 4 is 0 Å². The summed E-state index contributed by atoms with van der Waals surface area (Å²) in [6.45, 7) is 0.960. The van der Waals surface area contributed by atoms with Gasteiger partial charge in [-0.3, -0.25) is 0 Å². The first-order valence-electron chi connectivity index (χ1n) is 5.96. The molecule has 0 radical (unpaired) electrons. The van der Waals surface area contributed by atoms with Crippen molar-refractivity contribution in [2.45, 2.75) is 18.3 Å². The summed E-state index contributed by atoms with van der Waals surface area (Å²) < 4.78 is 0. The Balaban J connectivity index is 1.95. The summed E-state index contributed by atoms with van der Waals surface area (Å²) in [7, 11) is 1.98. The molecule has 88 valence electrons. The van der Waals surface area contributed by atoms with Crippen LogP contribution in [0.5, 0.6) is 0 Å². The fraction of sp³-hybridized carbons (Fsp3) is 0.385. The minimum atomic E-state index is 0.178. The largest absolute Gasteiger partial charge is 0.360 e. The van der Waals surface area contributed by atoms with Gasteiger partial charge in [-0.05, 0) is 38.1 Å². The van der Waals surface area contributed by atoms with Crippen LogP contribution in [0.2, 0.25) is 0 Å². The molecule has 2 N–H and O–H groups in total. The molecule has 1 aliphatic rings. The molecule has 0 amide bonds. The smallest absolute Gasteiger partial charge is 0.136 e. The minimum Gasteiger partial charge on any atom is -0.360 e. The molecule has 2 aromatic rings. The van der Waals surface area contributed by atoms with E-state index in [9.17, 15) is 0 Å². The molecule has 2 aromatic heterocycles. The molecular formula is C13H16N4. The van der Waals surface area contributed by atoms with Crippen molar-refractivity contribution in [1.82, 2.24) is 20.3 Å². The zero-order valence-electron chi connectivity index (χ0n) is 9.90. The van der Waals surface area contributed by atoms with E-state index in [1.54, 1.807) is 0 Å². The maximum absolute atomic E-state index is 4.69. The second-order valence-corrected chi connectivity index (χ2v) is 4.66. The number of nitrogens with zero attached hydrogens (tertiary/aromatic N) is 2. The third-order valence-electron chi connectivity index (χ3n) is 3.37. The van der Waals surface area contributed by atoms with Gasteiger partial charge in [-0.2, -0.15) is 0 Å². The van der Waals surface area contributed by atoms with Crippen LogP contribution in [0, 0.1) is 0 Å². The predicted octanol–water partition coefficient (Wildman–Crippen LogP) is 1.72. The Morgan fingerprint density at radius 2 is 2.29 bits per heavy atom. The van der Waals surface area contributed by atoms with Gasteiger partial charge in [0, 0.05) is 24.4 Å². The second-order valence-electron chi connectivity index (χ2n) is 4.66. The number of nitrogens with one attached hydrogen (secondary N) is 2. The molecule has 1 fully saturated rings. The summed E-state index contributed by atoms with van der Waals surface area (Å²) in [5.41, 5.74) is 2.20. The fourth-order valence-corrected chi connectivity index (χ4v) is 2.22. The topological polar surface area (TPSA) is 53.6 Å². The summed E-state index contributed by atoms with van der Waals surface area (Å²) in [5, 5.41) is 3.24. The maximum atomic E-state index is 4.69. The number of H-pyrrole nitrogens is 1. The van der Waals surface area contributed by atoms with Gasteiger partial charge in [-0.15, -0.1) is 0 Å². The Morgan fingerprint density at radius 1 is 1.41 bits per heavy atom. The normalized spacial score (nSPS) is 17.0. The highest BCUT2D eigenvalue weighted by Crippen LogP contribution is 2.46. The van der Waals surface area contributed by atoms with E-state index in [0.29, 0.717) is 0 Å². The van der Waals surface area contributed by atoms with E-state index in [1.807, 2.05) is 37.6 Å². The first-order valence-corrected chi connectivity index (χ1v) is 5.96. The van der Waals surface area contributed by atoms with Crippen molar-refractivity contribution in [1.29, 1.82) is 0 Å². The molecule has 0 aliphatic heterocycles. The third-order valence-corrected chi connectivity index (χ3v) is 3.37. The number of aromatic nitrogens is 3. The maximum Gasteiger partial charge on any atom is 0.136 e. The zero-order valence-corrected chi connectivity index (χ0v) is 9.90. The van der Waals surface area contributed by atoms with Crippen molar-refractivity contribution in [3.05, 3.63) is 36.4 Å². The van der Waals surface area contributed by atoms with Gasteiger partial charge in [-0.25, -0.2) is 9.97 Å². The summed E-state index contributed by atoms with van der Waals surface area (Å²) in [6, 6.07) is 5.96. The van der Waals surface area contributed by atoms with Crippen LogP contribution in [-0.2, 0) is 5.41 Å². The van der Waals surface area contributed by atoms with Gasteiger partial charge in [0.15, 0.2) is 0 Å². The van der Waals surface area contributed by atoms with Gasteiger partial charge >= 0.3 is 0 Å². The van der Waals surface area contributed by atoms with E-state index in [4.69, 9.17) is 0 Å². The fourth-order valence-electron chi connectivity index (χ4n) is 2.22. The lowest BCUT2D eigenvalue weighted by Crippen LogP contribution is -2.25. The molecule has 4 heteroatoms. The van der Waals surface area contributed by atoms with Crippen molar-refractivity contribution in [3.63, 3.8) is 0 Å². The molecule has 0 aromatic carbocycles. The number of hydrogen-bond donors (Lipinski definition) is 2. The van der Waals surface area contributed by atoms with Crippen LogP contribution >= 0.6 is 0 Å². The summed E-state index contributed by atoms with van der Waals surface area (Å²) >= 11 is 0. The van der Waals surface area contributed by atoms with E-state index in [0.717, 1.165) is 23.8 Å². The van der Waals surface area contributed by atoms with Crippen molar-refractivity contribution in [2.75, 3.05) is 13.6 Å². The molecule has 17 heavy (non-hydrogen) atoms. The van der Waals surface area contributed by atoms with Gasteiger partial charge in [0.05, 0.1) is 11.4 Å². The Bertz CT molecular complexity index is 500. The molecule has 1 aliphatic carbocycles. The molecule has 0 saturated heterocycles. The number of likely N-dealkylation sites (N-methyl/N-ethyl adjacent to an activating group) is 1. The standard InChI is InChI=1S/C13H16N4/c1-14-9-13(5-6-13)12-16-8-4-11(17-12)10-3-2-7-15-10/h2-4,7-8,14-15H,5-6,9H2,1H3. The Kier molecular flexibility index (Phi) is 2.44. The first kappa shape index (κ1) is 10.5. The molecular weight excluding hydrogens is 212 g/mol. The zero-order chi connectivity index (χ0) is 11.7. The van der Waals surface area contributed by atoms with Gasteiger partial charge < -0.3 is 10.3 Å². The number of hydrogen-bond acceptors (Lipinski definition) is 3. The molecule has 0 spiro atoms. The molecule has 0 atom stereocenters. The second kappa shape index (κ2) is 3.96. The molecule has 2 heterocycles. The summed E-state index contributed by atoms with van der Waals surface area (Å²) in [4.78, 5) is 12.3. The lowest BCUT2D eigenvalue weighted by Gasteiger charge is -2.13. The van der Waals surface area contributed by atoms with Crippen LogP contribution in [0.1, 0.15) is 18.7 Å². The third kappa shape index (κ3) is 1.85. The highest BCUT2D eigenvalue weighted by atomic mass is 15.0. The van der Waals surface area contributed by atoms with Gasteiger partial charge in [-0.1, -0.05) is 0 Å². The number of aromatic amines is 1. The predicted molar refractivity (Wildman–Crippen MR) is 66.7 cm³/mol. The quantitative estimate of drug-likeness (QED) is 0.837. The average molecular weight is 228 g/mol. The van der Waals surface area contributed by atoms with E-state index < -0.39 is 0 Å². The van der Waals surface area contributed by atoms with Gasteiger partial charge in [0.2, 0.25) is 0 Å². The van der Waals surface area contributed by atoms with E-state index >= 15 is 0 Å². The Labute approximate surface area is 101 Å². The lowest BCUT2D eigenvalue weighted by molar-refractivity contribution is 0.588.